The average molecular weight is 268 g/mol. The van der Waals surface area contributed by atoms with E-state index in [0.29, 0.717) is 27.3 Å². The molecule has 0 heterocycles. The zero-order chi connectivity index (χ0) is 7.30. The van der Waals surface area contributed by atoms with Crippen LogP contribution < -0.4 is 0 Å². The Balaban J connectivity index is 1.89. The first-order valence-corrected chi connectivity index (χ1v) is 5.35. The molecular formula is C7H8Br2O. The van der Waals surface area contributed by atoms with Gasteiger partial charge in [-0.25, -0.2) is 0 Å². The molecule has 0 radical (unpaired) electrons. The summed E-state index contributed by atoms with van der Waals surface area (Å²) in [7, 11) is 0. The van der Waals surface area contributed by atoms with Crippen LogP contribution >= 0.6 is 31.9 Å². The van der Waals surface area contributed by atoms with Gasteiger partial charge in [-0.3, -0.25) is 4.79 Å². The van der Waals surface area contributed by atoms with Crippen molar-refractivity contribution in [1.29, 1.82) is 0 Å². The highest BCUT2D eigenvalue weighted by Gasteiger charge is 2.50. The molecule has 10 heavy (non-hydrogen) atoms. The summed E-state index contributed by atoms with van der Waals surface area (Å²) in [6, 6.07) is 0. The zero-order valence-corrected chi connectivity index (χ0v) is 8.56. The number of hydrogen-bond acceptors (Lipinski definition) is 1. The summed E-state index contributed by atoms with van der Waals surface area (Å²) in [6.07, 6.45) is 2.13. The molecule has 0 amide bonds. The Bertz CT molecular complexity index is 162. The number of alkyl halides is 2. The molecule has 4 atom stereocenters. The molecule has 0 aromatic carbocycles. The van der Waals surface area contributed by atoms with E-state index >= 15 is 0 Å². The Labute approximate surface area is 76.8 Å². The van der Waals surface area contributed by atoms with Crippen molar-refractivity contribution < 1.29 is 4.79 Å². The number of carbonyl (C=O) groups is 1. The van der Waals surface area contributed by atoms with Crippen molar-refractivity contribution in [2.45, 2.75) is 22.5 Å². The predicted molar refractivity (Wildman–Crippen MR) is 46.7 cm³/mol. The summed E-state index contributed by atoms with van der Waals surface area (Å²) in [4.78, 5) is 12.3. The van der Waals surface area contributed by atoms with Gasteiger partial charge >= 0.3 is 0 Å². The van der Waals surface area contributed by atoms with Crippen LogP contribution in [-0.4, -0.2) is 15.4 Å². The van der Waals surface area contributed by atoms with Gasteiger partial charge in [0.25, 0.3) is 0 Å². The molecule has 0 aromatic rings. The van der Waals surface area contributed by atoms with E-state index in [-0.39, 0.29) is 0 Å². The van der Waals surface area contributed by atoms with Gasteiger partial charge in [-0.15, -0.1) is 0 Å². The quantitative estimate of drug-likeness (QED) is 0.701. The SMILES string of the molecule is O=C(C1CC1Br)C1CC1Br. The Kier molecular flexibility index (Phi) is 1.68. The molecule has 0 aliphatic heterocycles. The van der Waals surface area contributed by atoms with E-state index in [9.17, 15) is 4.79 Å². The minimum Gasteiger partial charge on any atom is -0.299 e. The molecule has 2 aliphatic rings. The Morgan fingerprint density at radius 1 is 1.10 bits per heavy atom. The standard InChI is InChI=1S/C7H8Br2O/c8-5-1-3(5)7(10)4-2-6(4)9/h3-6H,1-2H2. The second kappa shape index (κ2) is 2.31. The number of Topliss-reactive ketones (excluding diaryl/α,β-unsaturated/α-hetero) is 1. The highest BCUT2D eigenvalue weighted by molar-refractivity contribution is 9.10. The minimum atomic E-state index is 0.354. The third-order valence-electron chi connectivity index (χ3n) is 2.16. The van der Waals surface area contributed by atoms with E-state index < -0.39 is 0 Å². The molecule has 0 N–H and O–H groups in total. The average Bonchev–Trinajstić information content (AvgIpc) is 2.70. The van der Waals surface area contributed by atoms with E-state index in [0.717, 1.165) is 12.8 Å². The van der Waals surface area contributed by atoms with Crippen LogP contribution in [0.15, 0.2) is 0 Å². The first-order valence-electron chi connectivity index (χ1n) is 3.52. The van der Waals surface area contributed by atoms with E-state index in [4.69, 9.17) is 0 Å². The normalized spacial score (nSPS) is 50.6. The lowest BCUT2D eigenvalue weighted by molar-refractivity contribution is -0.121. The van der Waals surface area contributed by atoms with Gasteiger partial charge in [0, 0.05) is 21.5 Å². The topological polar surface area (TPSA) is 17.1 Å². The summed E-state index contributed by atoms with van der Waals surface area (Å²) in [6.45, 7) is 0. The summed E-state index contributed by atoms with van der Waals surface area (Å²) < 4.78 is 0. The van der Waals surface area contributed by atoms with Crippen LogP contribution in [0.1, 0.15) is 12.8 Å². The van der Waals surface area contributed by atoms with E-state index in [2.05, 4.69) is 31.9 Å². The lowest BCUT2D eigenvalue weighted by atomic mass is 10.2. The van der Waals surface area contributed by atoms with Gasteiger partial charge in [-0.05, 0) is 12.8 Å². The highest BCUT2D eigenvalue weighted by atomic mass is 79.9. The molecule has 2 saturated carbocycles. The second-order valence-electron chi connectivity index (χ2n) is 3.12. The molecule has 3 heteroatoms. The van der Waals surface area contributed by atoms with Crippen molar-refractivity contribution in [3.05, 3.63) is 0 Å². The highest BCUT2D eigenvalue weighted by Crippen LogP contribution is 2.47. The first-order chi connectivity index (χ1) is 4.70. The molecule has 2 aliphatic carbocycles. The third kappa shape index (κ3) is 1.18. The maximum absolute atomic E-state index is 11.3. The number of hydrogen-bond donors (Lipinski definition) is 0. The molecule has 2 fully saturated rings. The molecule has 0 bridgehead atoms. The molecule has 0 spiro atoms. The fourth-order valence-electron chi connectivity index (χ4n) is 1.19. The molecule has 2 rings (SSSR count). The van der Waals surface area contributed by atoms with E-state index in [1.807, 2.05) is 0 Å². The summed E-state index contributed by atoms with van der Waals surface area (Å²) in [5.41, 5.74) is 0. The third-order valence-corrected chi connectivity index (χ3v) is 4.18. The van der Waals surface area contributed by atoms with Crippen LogP contribution in [0.3, 0.4) is 0 Å². The van der Waals surface area contributed by atoms with Crippen LogP contribution in [-0.2, 0) is 4.79 Å². The van der Waals surface area contributed by atoms with Gasteiger partial charge in [0.1, 0.15) is 5.78 Å². The van der Waals surface area contributed by atoms with Gasteiger partial charge in [0.05, 0.1) is 0 Å². The van der Waals surface area contributed by atoms with Crippen molar-refractivity contribution >= 4 is 37.6 Å². The number of halogens is 2. The Morgan fingerprint density at radius 2 is 1.40 bits per heavy atom. The summed E-state index contributed by atoms with van der Waals surface area (Å²) >= 11 is 6.86. The number of ketones is 1. The number of rotatable bonds is 2. The fourth-order valence-corrected chi connectivity index (χ4v) is 2.52. The van der Waals surface area contributed by atoms with Crippen LogP contribution in [0.2, 0.25) is 0 Å². The molecular weight excluding hydrogens is 260 g/mol. The van der Waals surface area contributed by atoms with Crippen LogP contribution in [0, 0.1) is 11.8 Å². The number of carbonyl (C=O) groups excluding carboxylic acids is 1. The fraction of sp³-hybridized carbons (Fsp3) is 0.857. The molecule has 0 saturated heterocycles. The van der Waals surface area contributed by atoms with Crippen molar-refractivity contribution in [2.75, 3.05) is 0 Å². The Hall–Kier alpha value is 0.630. The summed E-state index contributed by atoms with van der Waals surface area (Å²) in [5.74, 6) is 1.18. The second-order valence-corrected chi connectivity index (χ2v) is 5.47. The monoisotopic (exact) mass is 266 g/mol. The molecule has 1 nitrogen and oxygen atoms in total. The Morgan fingerprint density at radius 3 is 1.60 bits per heavy atom. The van der Waals surface area contributed by atoms with Gasteiger partial charge in [-0.2, -0.15) is 0 Å². The van der Waals surface area contributed by atoms with E-state index in [1.54, 1.807) is 0 Å². The predicted octanol–water partition coefficient (Wildman–Crippen LogP) is 2.12. The van der Waals surface area contributed by atoms with Crippen molar-refractivity contribution in [1.82, 2.24) is 0 Å². The lowest BCUT2D eigenvalue weighted by Gasteiger charge is -1.91. The zero-order valence-electron chi connectivity index (χ0n) is 5.39. The molecule has 4 unspecified atom stereocenters. The van der Waals surface area contributed by atoms with Gasteiger partial charge in [0.15, 0.2) is 0 Å². The van der Waals surface area contributed by atoms with Crippen LogP contribution in [0.4, 0.5) is 0 Å². The van der Waals surface area contributed by atoms with Crippen LogP contribution in [0.25, 0.3) is 0 Å². The van der Waals surface area contributed by atoms with E-state index in [1.165, 1.54) is 0 Å². The summed E-state index contributed by atoms with van der Waals surface area (Å²) in [5, 5.41) is 0. The van der Waals surface area contributed by atoms with Crippen LogP contribution in [0.5, 0.6) is 0 Å². The maximum atomic E-state index is 11.3. The molecule has 56 valence electrons. The lowest BCUT2D eigenvalue weighted by Crippen LogP contribution is -2.06. The van der Waals surface area contributed by atoms with Crippen molar-refractivity contribution in [3.8, 4) is 0 Å². The molecule has 0 aromatic heterocycles. The minimum absolute atomic E-state index is 0.354. The largest absolute Gasteiger partial charge is 0.299 e. The van der Waals surface area contributed by atoms with Gasteiger partial charge in [0.2, 0.25) is 0 Å². The van der Waals surface area contributed by atoms with Gasteiger partial charge in [-0.1, -0.05) is 31.9 Å². The van der Waals surface area contributed by atoms with Crippen molar-refractivity contribution in [2.24, 2.45) is 11.8 Å². The smallest absolute Gasteiger partial charge is 0.141 e. The van der Waals surface area contributed by atoms with Crippen molar-refractivity contribution in [3.63, 3.8) is 0 Å². The maximum Gasteiger partial charge on any atom is 0.141 e. The van der Waals surface area contributed by atoms with Gasteiger partial charge < -0.3 is 0 Å². The first kappa shape index (κ1) is 7.29.